The fourth-order valence-electron chi connectivity index (χ4n) is 3.46. The number of nitrogens with one attached hydrogen (secondary N) is 1. The molecular weight excluding hydrogens is 624 g/mol. The Kier molecular flexibility index (Phi) is 9.29. The molecule has 0 radical (unpaired) electrons. The Hall–Kier alpha value is -4.08. The molecule has 0 saturated carbocycles. The number of carbonyl (C=O) groups is 2. The minimum absolute atomic E-state index is 0.135. The molecule has 4 rings (SSSR count). The SMILES string of the molecule is CCOC(=O)C=c1sc(=Cc2ccc(Sc3nncn3C)c([N+](=O)[O-])c2)c(=O)n1CC(=O)Nc1cccc(Br)c1. The molecule has 12 nitrogen and oxygen atoms in total. The molecule has 0 bridgehead atoms. The van der Waals surface area contributed by atoms with Crippen molar-refractivity contribution in [3.8, 4) is 0 Å². The summed E-state index contributed by atoms with van der Waals surface area (Å²) in [6.07, 6.45) is 4.10. The number of esters is 1. The van der Waals surface area contributed by atoms with Gasteiger partial charge in [-0.3, -0.25) is 24.3 Å². The number of benzene rings is 2. The van der Waals surface area contributed by atoms with Crippen molar-refractivity contribution < 1.29 is 19.2 Å². The third-order valence-electron chi connectivity index (χ3n) is 5.22. The van der Waals surface area contributed by atoms with Crippen molar-refractivity contribution >= 4 is 74.4 Å². The van der Waals surface area contributed by atoms with Gasteiger partial charge in [0.2, 0.25) is 5.91 Å². The molecule has 15 heteroatoms. The molecule has 1 amide bonds. The zero-order valence-corrected chi connectivity index (χ0v) is 24.3. The highest BCUT2D eigenvalue weighted by Gasteiger charge is 2.18. The van der Waals surface area contributed by atoms with Crippen LogP contribution in [0.15, 0.2) is 68.1 Å². The van der Waals surface area contributed by atoms with Crippen molar-refractivity contribution in [2.24, 2.45) is 7.05 Å². The van der Waals surface area contributed by atoms with Crippen LogP contribution in [0.25, 0.3) is 12.2 Å². The Morgan fingerprint density at radius 2 is 2.08 bits per heavy atom. The van der Waals surface area contributed by atoms with Crippen LogP contribution < -0.4 is 20.1 Å². The topological polar surface area (TPSA) is 151 Å². The molecule has 0 saturated heterocycles. The monoisotopic (exact) mass is 644 g/mol. The molecule has 1 N–H and O–H groups in total. The Bertz CT molecular complexity index is 1780. The quantitative estimate of drug-likeness (QED) is 0.165. The predicted octanol–water partition coefficient (Wildman–Crippen LogP) is 2.67. The van der Waals surface area contributed by atoms with E-state index in [-0.39, 0.29) is 28.0 Å². The fourth-order valence-corrected chi connectivity index (χ4v) is 5.74. The highest BCUT2D eigenvalue weighted by Crippen LogP contribution is 2.34. The molecule has 0 fully saturated rings. The lowest BCUT2D eigenvalue weighted by Crippen LogP contribution is -2.36. The Labute approximate surface area is 243 Å². The third-order valence-corrected chi connectivity index (χ3v) is 7.89. The third kappa shape index (κ3) is 7.11. The van der Waals surface area contributed by atoms with Gasteiger partial charge in [-0.1, -0.05) is 28.1 Å². The Morgan fingerprint density at radius 1 is 1.27 bits per heavy atom. The largest absolute Gasteiger partial charge is 0.463 e. The van der Waals surface area contributed by atoms with E-state index in [4.69, 9.17) is 4.74 Å². The number of hydrogen-bond acceptors (Lipinski definition) is 10. The standard InChI is InChI=1S/C25H21BrN6O6S2/c1-3-38-23(34)12-22-31(13-21(33)28-17-6-4-5-16(26)11-17)24(35)20(39-22)10-15-7-8-19(18(9-15)32(36)37)40-25-29-27-14-30(25)2/h4-12,14H,3,13H2,1-2H3,(H,28,33). The minimum atomic E-state index is -0.669. The van der Waals surface area contributed by atoms with E-state index in [2.05, 4.69) is 31.4 Å². The minimum Gasteiger partial charge on any atom is -0.463 e. The summed E-state index contributed by atoms with van der Waals surface area (Å²) in [4.78, 5) is 49.9. The summed E-state index contributed by atoms with van der Waals surface area (Å²) in [5.74, 6) is -1.15. The molecule has 0 unspecified atom stereocenters. The maximum Gasteiger partial charge on any atom is 0.333 e. The van der Waals surface area contributed by atoms with Gasteiger partial charge in [0.1, 0.15) is 17.5 Å². The summed E-state index contributed by atoms with van der Waals surface area (Å²) in [6, 6.07) is 11.5. The summed E-state index contributed by atoms with van der Waals surface area (Å²) in [5.41, 5.74) is 0.202. The van der Waals surface area contributed by atoms with Crippen LogP contribution in [0, 0.1) is 10.1 Å². The van der Waals surface area contributed by atoms with E-state index in [1.54, 1.807) is 54.9 Å². The average molecular weight is 646 g/mol. The van der Waals surface area contributed by atoms with E-state index < -0.39 is 22.4 Å². The summed E-state index contributed by atoms with van der Waals surface area (Å²) in [6.45, 7) is 1.42. The molecule has 206 valence electrons. The van der Waals surface area contributed by atoms with Crippen LogP contribution in [0.3, 0.4) is 0 Å². The molecule has 0 atom stereocenters. The molecule has 0 aliphatic carbocycles. The maximum absolute atomic E-state index is 13.3. The van der Waals surface area contributed by atoms with Crippen LogP contribution in [0.1, 0.15) is 12.5 Å². The van der Waals surface area contributed by atoms with Crippen molar-refractivity contribution in [3.63, 3.8) is 0 Å². The number of aromatic nitrogens is 4. The fraction of sp³-hybridized carbons (Fsp3) is 0.160. The van der Waals surface area contributed by atoms with Gasteiger partial charge >= 0.3 is 5.97 Å². The summed E-state index contributed by atoms with van der Waals surface area (Å²) >= 11 is 5.39. The van der Waals surface area contributed by atoms with Crippen LogP contribution >= 0.6 is 39.0 Å². The summed E-state index contributed by atoms with van der Waals surface area (Å²) in [5, 5.41) is 22.7. The first-order valence-electron chi connectivity index (χ1n) is 11.6. The van der Waals surface area contributed by atoms with E-state index in [9.17, 15) is 24.5 Å². The van der Waals surface area contributed by atoms with Gasteiger partial charge in [0.05, 0.1) is 27.0 Å². The summed E-state index contributed by atoms with van der Waals surface area (Å²) < 4.78 is 8.91. The summed E-state index contributed by atoms with van der Waals surface area (Å²) in [7, 11) is 1.72. The molecule has 2 aromatic heterocycles. The molecule has 0 aliphatic rings. The number of hydrogen-bond donors (Lipinski definition) is 1. The van der Waals surface area contributed by atoms with Gasteiger partial charge in [0, 0.05) is 23.3 Å². The van der Waals surface area contributed by atoms with Gasteiger partial charge in [-0.05, 0) is 54.6 Å². The van der Waals surface area contributed by atoms with Gasteiger partial charge in [-0.25, -0.2) is 4.79 Å². The second kappa shape index (κ2) is 12.8. The Balaban J connectivity index is 1.72. The first kappa shape index (κ1) is 28.9. The van der Waals surface area contributed by atoms with Crippen LogP contribution in [0.4, 0.5) is 11.4 Å². The number of nitro benzene ring substituents is 1. The molecule has 40 heavy (non-hydrogen) atoms. The van der Waals surface area contributed by atoms with Crippen molar-refractivity contribution in [1.29, 1.82) is 0 Å². The maximum atomic E-state index is 13.3. The zero-order valence-electron chi connectivity index (χ0n) is 21.1. The first-order chi connectivity index (χ1) is 19.1. The van der Waals surface area contributed by atoms with Gasteiger partial charge in [0.15, 0.2) is 5.16 Å². The van der Waals surface area contributed by atoms with E-state index in [0.717, 1.165) is 38.2 Å². The number of carbonyl (C=O) groups excluding carboxylic acids is 2. The van der Waals surface area contributed by atoms with E-state index in [0.29, 0.717) is 21.3 Å². The lowest BCUT2D eigenvalue weighted by molar-refractivity contribution is -0.387. The van der Waals surface area contributed by atoms with E-state index >= 15 is 0 Å². The molecule has 2 heterocycles. The average Bonchev–Trinajstić information content (AvgIpc) is 3.42. The second-order valence-electron chi connectivity index (χ2n) is 8.11. The molecular formula is C25H21BrN6O6S2. The smallest absolute Gasteiger partial charge is 0.333 e. The van der Waals surface area contributed by atoms with Crippen LogP contribution in [0.5, 0.6) is 0 Å². The predicted molar refractivity (Wildman–Crippen MR) is 153 cm³/mol. The van der Waals surface area contributed by atoms with Crippen molar-refractivity contribution in [3.05, 3.63) is 88.5 Å². The van der Waals surface area contributed by atoms with E-state index in [1.807, 2.05) is 0 Å². The van der Waals surface area contributed by atoms with E-state index in [1.165, 1.54) is 18.5 Å². The van der Waals surface area contributed by atoms with Gasteiger partial charge in [-0.2, -0.15) is 0 Å². The van der Waals surface area contributed by atoms with Crippen molar-refractivity contribution in [2.75, 3.05) is 11.9 Å². The molecule has 2 aromatic carbocycles. The normalized spacial score (nSPS) is 12.0. The van der Waals surface area contributed by atoms with Crippen molar-refractivity contribution in [2.45, 2.75) is 23.5 Å². The molecule has 4 aromatic rings. The first-order valence-corrected chi connectivity index (χ1v) is 14.0. The number of halogens is 1. The van der Waals surface area contributed by atoms with Crippen LogP contribution in [0.2, 0.25) is 0 Å². The molecule has 0 aliphatic heterocycles. The number of nitrogens with zero attached hydrogens (tertiary/aromatic N) is 5. The number of aryl methyl sites for hydroxylation is 1. The second-order valence-corrected chi connectivity index (χ2v) is 11.1. The number of anilines is 1. The lowest BCUT2D eigenvalue weighted by atomic mass is 10.2. The van der Waals surface area contributed by atoms with Gasteiger partial charge < -0.3 is 14.6 Å². The van der Waals surface area contributed by atoms with Crippen molar-refractivity contribution in [1.82, 2.24) is 19.3 Å². The highest BCUT2D eigenvalue weighted by molar-refractivity contribution is 9.10. The number of nitro groups is 1. The number of rotatable bonds is 9. The van der Waals surface area contributed by atoms with Crippen LogP contribution in [-0.4, -0.2) is 42.7 Å². The molecule has 0 spiro atoms. The number of thiazole rings is 1. The van der Waals surface area contributed by atoms with Gasteiger partial charge in [-0.15, -0.1) is 21.5 Å². The Morgan fingerprint density at radius 3 is 2.75 bits per heavy atom. The van der Waals surface area contributed by atoms with Crippen LogP contribution in [-0.2, 0) is 27.9 Å². The number of amides is 1. The number of ether oxygens (including phenoxy) is 1. The highest BCUT2D eigenvalue weighted by atomic mass is 79.9. The lowest BCUT2D eigenvalue weighted by Gasteiger charge is -2.06. The zero-order chi connectivity index (χ0) is 28.8. The van der Waals surface area contributed by atoms with Gasteiger partial charge in [0.25, 0.3) is 11.2 Å².